The third kappa shape index (κ3) is 4.38. The van der Waals surface area contributed by atoms with Crippen LogP contribution in [0.2, 0.25) is 0 Å². The zero-order valence-electron chi connectivity index (χ0n) is 18.8. The fourth-order valence-corrected chi connectivity index (χ4v) is 8.38. The topological polar surface area (TPSA) is 98.5 Å². The molecule has 0 aromatic heterocycles. The molecule has 4 saturated carbocycles. The number of sulfonamides is 1. The van der Waals surface area contributed by atoms with Gasteiger partial charge < -0.3 is 4.74 Å². The highest BCUT2D eigenvalue weighted by Gasteiger charge is 2.54. The molecule has 0 aliphatic heterocycles. The predicted octanol–water partition coefficient (Wildman–Crippen LogP) is 5.66. The predicted molar refractivity (Wildman–Crippen MR) is 125 cm³/mol. The molecule has 4 bridgehead atoms. The first-order chi connectivity index (χ1) is 15.8. The molecule has 8 heteroatoms. The zero-order valence-corrected chi connectivity index (χ0v) is 19.6. The van der Waals surface area contributed by atoms with Gasteiger partial charge in [0.1, 0.15) is 11.5 Å². The summed E-state index contributed by atoms with van der Waals surface area (Å²) < 4.78 is 35.3. The van der Waals surface area contributed by atoms with Crippen molar-refractivity contribution in [1.82, 2.24) is 4.72 Å². The second-order valence-electron chi connectivity index (χ2n) is 10.2. The Hall–Kier alpha value is -2.45. The van der Waals surface area contributed by atoms with Gasteiger partial charge in [0.15, 0.2) is 0 Å². The van der Waals surface area contributed by atoms with Gasteiger partial charge in [-0.1, -0.05) is 6.92 Å². The molecule has 1 atom stereocenters. The summed E-state index contributed by atoms with van der Waals surface area (Å²) in [6.45, 7) is 2.09. The van der Waals surface area contributed by atoms with E-state index in [9.17, 15) is 18.5 Å². The van der Waals surface area contributed by atoms with E-state index < -0.39 is 14.9 Å². The molecular weight excluding hydrogens is 440 g/mol. The number of hydrogen-bond donors (Lipinski definition) is 1. The van der Waals surface area contributed by atoms with Gasteiger partial charge in [0.05, 0.1) is 9.82 Å². The number of nitrogens with zero attached hydrogens (tertiary/aromatic N) is 1. The largest absolute Gasteiger partial charge is 0.457 e. The molecule has 0 radical (unpaired) electrons. The van der Waals surface area contributed by atoms with E-state index in [2.05, 4.69) is 11.6 Å². The fraction of sp³-hybridized carbons (Fsp3) is 0.520. The molecule has 176 valence electrons. The van der Waals surface area contributed by atoms with Crippen LogP contribution in [-0.2, 0) is 10.0 Å². The Morgan fingerprint density at radius 3 is 1.91 bits per heavy atom. The molecule has 33 heavy (non-hydrogen) atoms. The fourth-order valence-electron chi connectivity index (χ4n) is 6.96. The van der Waals surface area contributed by atoms with E-state index in [1.807, 2.05) is 0 Å². The van der Waals surface area contributed by atoms with Crippen molar-refractivity contribution in [2.24, 2.45) is 23.2 Å². The van der Waals surface area contributed by atoms with Gasteiger partial charge in [-0.3, -0.25) is 10.1 Å². The lowest BCUT2D eigenvalue weighted by Gasteiger charge is -2.59. The van der Waals surface area contributed by atoms with Crippen LogP contribution in [0.5, 0.6) is 11.5 Å². The van der Waals surface area contributed by atoms with Gasteiger partial charge in [-0.2, -0.15) is 0 Å². The van der Waals surface area contributed by atoms with Crippen molar-refractivity contribution in [2.75, 3.05) is 0 Å². The van der Waals surface area contributed by atoms with Crippen LogP contribution in [0, 0.1) is 33.3 Å². The minimum absolute atomic E-state index is 0.0145. The van der Waals surface area contributed by atoms with E-state index in [1.165, 1.54) is 43.5 Å². The monoisotopic (exact) mass is 470 g/mol. The maximum absolute atomic E-state index is 13.2. The van der Waals surface area contributed by atoms with Crippen molar-refractivity contribution in [1.29, 1.82) is 0 Å². The maximum Gasteiger partial charge on any atom is 0.269 e. The lowest BCUT2D eigenvalue weighted by Crippen LogP contribution is -2.56. The average molecular weight is 471 g/mol. The van der Waals surface area contributed by atoms with Crippen molar-refractivity contribution in [2.45, 2.75) is 62.8 Å². The average Bonchev–Trinajstić information content (AvgIpc) is 2.77. The summed E-state index contributed by atoms with van der Waals surface area (Å²) in [6.07, 6.45) is 8.26. The summed E-state index contributed by atoms with van der Waals surface area (Å²) in [7, 11) is -3.65. The summed E-state index contributed by atoms with van der Waals surface area (Å²) in [5, 5.41) is 10.8. The van der Waals surface area contributed by atoms with Gasteiger partial charge in [0.2, 0.25) is 10.0 Å². The first-order valence-corrected chi connectivity index (χ1v) is 13.3. The van der Waals surface area contributed by atoms with Crippen molar-refractivity contribution >= 4 is 15.7 Å². The van der Waals surface area contributed by atoms with Gasteiger partial charge in [-0.15, -0.1) is 0 Å². The van der Waals surface area contributed by atoms with Gasteiger partial charge in [-0.25, -0.2) is 13.1 Å². The second kappa shape index (κ2) is 8.40. The highest BCUT2D eigenvalue weighted by Crippen LogP contribution is 2.61. The number of nitrogens with one attached hydrogen (secondary N) is 1. The van der Waals surface area contributed by atoms with E-state index in [0.717, 1.165) is 43.4 Å². The summed E-state index contributed by atoms with van der Waals surface area (Å²) in [4.78, 5) is 10.5. The molecule has 4 aliphatic rings. The number of ether oxygens (including phenoxy) is 1. The van der Waals surface area contributed by atoms with Crippen molar-refractivity contribution in [3.8, 4) is 11.5 Å². The van der Waals surface area contributed by atoms with Crippen LogP contribution >= 0.6 is 0 Å². The molecule has 0 saturated heterocycles. The van der Waals surface area contributed by atoms with Crippen LogP contribution < -0.4 is 9.46 Å². The Bertz CT molecular complexity index is 1090. The molecule has 0 heterocycles. The first-order valence-electron chi connectivity index (χ1n) is 11.8. The number of benzene rings is 2. The first kappa shape index (κ1) is 22.3. The molecule has 6 rings (SSSR count). The summed E-state index contributed by atoms with van der Waals surface area (Å²) in [5.41, 5.74) is 0.0922. The SMILES string of the molecule is CC[C@H](NS(=O)(=O)c1ccc(Oc2ccc([N+](=O)[O-])cc2)cc1)C12CC3CC(CC(C3)C1)C2. The van der Waals surface area contributed by atoms with E-state index in [4.69, 9.17) is 4.74 Å². The normalized spacial score (nSPS) is 29.1. The minimum atomic E-state index is -3.65. The molecule has 4 aliphatic carbocycles. The molecule has 4 fully saturated rings. The number of nitro benzene ring substituents is 1. The quantitative estimate of drug-likeness (QED) is 0.396. The van der Waals surface area contributed by atoms with Crippen LogP contribution in [-0.4, -0.2) is 19.4 Å². The Kier molecular flexibility index (Phi) is 5.69. The third-order valence-corrected chi connectivity index (χ3v) is 9.44. The molecule has 7 nitrogen and oxygen atoms in total. The van der Waals surface area contributed by atoms with Crippen molar-refractivity contribution in [3.05, 3.63) is 58.6 Å². The minimum Gasteiger partial charge on any atom is -0.457 e. The van der Waals surface area contributed by atoms with Crippen molar-refractivity contribution < 1.29 is 18.1 Å². The summed E-state index contributed by atoms with van der Waals surface area (Å²) in [6, 6.07) is 12.1. The van der Waals surface area contributed by atoms with E-state index >= 15 is 0 Å². The number of hydrogen-bond acceptors (Lipinski definition) is 5. The standard InChI is InChI=1S/C25H30N2O5S/c1-2-24(25-14-17-11-18(15-25)13-19(12-17)16-25)26-33(30,31)23-9-7-22(8-10-23)32-21-5-3-20(4-6-21)27(28)29/h3-10,17-19,24,26H,2,11-16H2,1H3/t17?,18?,19?,24-,25?/m0/s1. The number of nitro groups is 1. The summed E-state index contributed by atoms with van der Waals surface area (Å²) in [5.74, 6) is 3.22. The lowest BCUT2D eigenvalue weighted by molar-refractivity contribution is -0.384. The van der Waals surface area contributed by atoms with Crippen LogP contribution in [0.25, 0.3) is 0 Å². The molecule has 1 N–H and O–H groups in total. The van der Waals surface area contributed by atoms with E-state index in [-0.39, 0.29) is 22.0 Å². The van der Waals surface area contributed by atoms with E-state index in [1.54, 1.807) is 24.3 Å². The van der Waals surface area contributed by atoms with Gasteiger partial charge in [0.25, 0.3) is 5.69 Å². The molecule has 0 unspecified atom stereocenters. The van der Waals surface area contributed by atoms with Crippen LogP contribution in [0.3, 0.4) is 0 Å². The molecule has 2 aromatic rings. The lowest BCUT2D eigenvalue weighted by atomic mass is 9.47. The Labute approximate surface area is 194 Å². The molecule has 0 amide bonds. The third-order valence-electron chi connectivity index (χ3n) is 7.95. The van der Waals surface area contributed by atoms with Crippen LogP contribution in [0.15, 0.2) is 53.4 Å². The Morgan fingerprint density at radius 1 is 0.970 bits per heavy atom. The van der Waals surface area contributed by atoms with Gasteiger partial charge >= 0.3 is 0 Å². The van der Waals surface area contributed by atoms with Gasteiger partial charge in [0, 0.05) is 18.2 Å². The molecule has 2 aromatic carbocycles. The molecule has 0 spiro atoms. The number of non-ortho nitro benzene ring substituents is 1. The van der Waals surface area contributed by atoms with Crippen LogP contribution in [0.1, 0.15) is 51.9 Å². The Morgan fingerprint density at radius 2 is 1.45 bits per heavy atom. The number of rotatable bonds is 8. The molecular formula is C25H30N2O5S. The second-order valence-corrected chi connectivity index (χ2v) is 11.9. The summed E-state index contributed by atoms with van der Waals surface area (Å²) >= 11 is 0. The van der Waals surface area contributed by atoms with Gasteiger partial charge in [-0.05, 0) is 105 Å². The highest BCUT2D eigenvalue weighted by atomic mass is 32.2. The van der Waals surface area contributed by atoms with Crippen molar-refractivity contribution in [3.63, 3.8) is 0 Å². The Balaban J connectivity index is 1.29. The van der Waals surface area contributed by atoms with Crippen LogP contribution in [0.4, 0.5) is 5.69 Å². The smallest absolute Gasteiger partial charge is 0.269 e. The highest BCUT2D eigenvalue weighted by molar-refractivity contribution is 7.89. The van der Waals surface area contributed by atoms with E-state index in [0.29, 0.717) is 11.5 Å². The maximum atomic E-state index is 13.2. The zero-order chi connectivity index (χ0) is 23.2.